The molecular formula is C14H27O2. The largest absolute Gasteiger partial charge is 0.466 e. The van der Waals surface area contributed by atoms with Crippen LogP contribution < -0.4 is 0 Å². The highest BCUT2D eigenvalue weighted by Crippen LogP contribution is 2.06. The highest BCUT2D eigenvalue weighted by Gasteiger charge is 2.01. The summed E-state index contributed by atoms with van der Waals surface area (Å²) in [5, 5.41) is 0. The molecule has 0 spiro atoms. The van der Waals surface area contributed by atoms with Crippen molar-refractivity contribution in [2.24, 2.45) is 0 Å². The molecule has 0 aliphatic carbocycles. The van der Waals surface area contributed by atoms with Gasteiger partial charge in [0, 0.05) is 6.42 Å². The minimum Gasteiger partial charge on any atom is -0.466 e. The van der Waals surface area contributed by atoms with E-state index in [1.165, 1.54) is 32.1 Å². The first-order chi connectivity index (χ1) is 7.81. The maximum atomic E-state index is 11.3. The normalized spacial score (nSPS) is 10.4. The van der Waals surface area contributed by atoms with Crippen LogP contribution in [0.5, 0.6) is 0 Å². The first-order valence-corrected chi connectivity index (χ1v) is 6.76. The van der Waals surface area contributed by atoms with Crippen LogP contribution in [0.15, 0.2) is 0 Å². The van der Waals surface area contributed by atoms with Gasteiger partial charge < -0.3 is 4.74 Å². The predicted octanol–water partition coefficient (Wildman–Crippen LogP) is 4.28. The van der Waals surface area contributed by atoms with Gasteiger partial charge in [0.25, 0.3) is 0 Å². The lowest BCUT2D eigenvalue weighted by Crippen LogP contribution is -2.05. The van der Waals surface area contributed by atoms with Crippen LogP contribution in [0.3, 0.4) is 0 Å². The Labute approximate surface area is 101 Å². The highest BCUT2D eigenvalue weighted by atomic mass is 16.5. The molecule has 0 unspecified atom stereocenters. The van der Waals surface area contributed by atoms with Gasteiger partial charge in [0.05, 0.1) is 6.61 Å². The third-order valence-electron chi connectivity index (χ3n) is 2.64. The fourth-order valence-electron chi connectivity index (χ4n) is 1.59. The Bertz CT molecular complexity index is 139. The molecule has 0 amide bonds. The molecule has 0 saturated carbocycles. The summed E-state index contributed by atoms with van der Waals surface area (Å²) in [7, 11) is 0. The van der Waals surface area contributed by atoms with Gasteiger partial charge in [-0.2, -0.15) is 0 Å². The lowest BCUT2D eigenvalue weighted by molar-refractivity contribution is -0.143. The summed E-state index contributed by atoms with van der Waals surface area (Å²) in [6.45, 7) is 6.58. The minimum atomic E-state index is -0.0221. The molecule has 1 radical (unpaired) electrons. The first-order valence-electron chi connectivity index (χ1n) is 6.76. The average molecular weight is 227 g/mol. The van der Waals surface area contributed by atoms with E-state index in [4.69, 9.17) is 4.74 Å². The van der Waals surface area contributed by atoms with Crippen molar-refractivity contribution >= 4 is 5.97 Å². The van der Waals surface area contributed by atoms with E-state index >= 15 is 0 Å². The summed E-state index contributed by atoms with van der Waals surface area (Å²) in [6, 6.07) is 0. The van der Waals surface area contributed by atoms with E-state index < -0.39 is 0 Å². The SMILES string of the molecule is [CH2]CCCCCCC(=O)OCCCCCC. The maximum Gasteiger partial charge on any atom is 0.305 e. The fourth-order valence-corrected chi connectivity index (χ4v) is 1.59. The van der Waals surface area contributed by atoms with E-state index in [1.54, 1.807) is 0 Å². The van der Waals surface area contributed by atoms with Crippen LogP contribution in [0.25, 0.3) is 0 Å². The molecule has 0 aliphatic heterocycles. The third kappa shape index (κ3) is 11.5. The second-order valence-electron chi connectivity index (χ2n) is 4.30. The predicted molar refractivity (Wildman–Crippen MR) is 68.2 cm³/mol. The molecule has 2 nitrogen and oxygen atoms in total. The summed E-state index contributed by atoms with van der Waals surface area (Å²) >= 11 is 0. The van der Waals surface area contributed by atoms with Crippen LogP contribution >= 0.6 is 0 Å². The Morgan fingerprint density at radius 3 is 2.38 bits per heavy atom. The molecule has 0 atom stereocenters. The number of hydrogen-bond donors (Lipinski definition) is 0. The lowest BCUT2D eigenvalue weighted by atomic mass is 10.1. The molecule has 0 aromatic carbocycles. The standard InChI is InChI=1S/C14H27O2/c1-3-5-7-9-10-12-14(15)16-13-11-8-6-4-2/h1,3-13H2,2H3. The number of hydrogen-bond acceptors (Lipinski definition) is 2. The molecule has 0 rings (SSSR count). The molecule has 0 fully saturated rings. The molecule has 0 aromatic heterocycles. The Kier molecular flexibility index (Phi) is 12.1. The van der Waals surface area contributed by atoms with Gasteiger partial charge in [-0.15, -0.1) is 0 Å². The van der Waals surface area contributed by atoms with Gasteiger partial charge in [-0.3, -0.25) is 4.79 Å². The zero-order valence-corrected chi connectivity index (χ0v) is 10.8. The number of esters is 1. The molecular weight excluding hydrogens is 200 g/mol. The highest BCUT2D eigenvalue weighted by molar-refractivity contribution is 5.69. The summed E-state index contributed by atoms with van der Waals surface area (Å²) < 4.78 is 5.14. The van der Waals surface area contributed by atoms with E-state index in [0.29, 0.717) is 13.0 Å². The van der Waals surface area contributed by atoms with Gasteiger partial charge in [-0.1, -0.05) is 58.8 Å². The number of rotatable bonds is 11. The van der Waals surface area contributed by atoms with Crippen molar-refractivity contribution in [3.8, 4) is 0 Å². The van der Waals surface area contributed by atoms with Crippen molar-refractivity contribution in [2.45, 2.75) is 71.1 Å². The Morgan fingerprint density at radius 2 is 1.69 bits per heavy atom. The third-order valence-corrected chi connectivity index (χ3v) is 2.64. The zero-order chi connectivity index (χ0) is 12.1. The van der Waals surface area contributed by atoms with Crippen molar-refractivity contribution < 1.29 is 9.53 Å². The van der Waals surface area contributed by atoms with Gasteiger partial charge in [0.1, 0.15) is 0 Å². The molecule has 0 bridgehead atoms. The minimum absolute atomic E-state index is 0.0221. The van der Waals surface area contributed by atoms with Gasteiger partial charge in [-0.05, 0) is 12.8 Å². The second kappa shape index (κ2) is 12.5. The molecule has 0 N–H and O–H groups in total. The summed E-state index contributed by atoms with van der Waals surface area (Å²) in [5.74, 6) is -0.0221. The molecule has 95 valence electrons. The van der Waals surface area contributed by atoms with Crippen molar-refractivity contribution in [3.05, 3.63) is 6.92 Å². The number of unbranched alkanes of at least 4 members (excludes halogenated alkanes) is 7. The van der Waals surface area contributed by atoms with Crippen molar-refractivity contribution in [1.29, 1.82) is 0 Å². The van der Waals surface area contributed by atoms with Gasteiger partial charge in [-0.25, -0.2) is 0 Å². The number of ether oxygens (including phenoxy) is 1. The fraction of sp³-hybridized carbons (Fsp3) is 0.857. The second-order valence-corrected chi connectivity index (χ2v) is 4.30. The van der Waals surface area contributed by atoms with E-state index in [9.17, 15) is 4.79 Å². The quantitative estimate of drug-likeness (QED) is 0.389. The molecule has 0 saturated heterocycles. The van der Waals surface area contributed by atoms with Crippen LogP contribution in [0, 0.1) is 6.92 Å². The zero-order valence-electron chi connectivity index (χ0n) is 10.8. The first kappa shape index (κ1) is 15.5. The number of carbonyl (C=O) groups excluding carboxylic acids is 1. The Hall–Kier alpha value is -0.530. The number of carbonyl (C=O) groups is 1. The van der Waals surface area contributed by atoms with Crippen molar-refractivity contribution in [2.75, 3.05) is 6.61 Å². The van der Waals surface area contributed by atoms with Crippen LogP contribution in [-0.4, -0.2) is 12.6 Å². The van der Waals surface area contributed by atoms with Gasteiger partial charge in [0.2, 0.25) is 0 Å². The van der Waals surface area contributed by atoms with Gasteiger partial charge >= 0.3 is 5.97 Å². The van der Waals surface area contributed by atoms with Crippen LogP contribution in [0.1, 0.15) is 71.1 Å². The van der Waals surface area contributed by atoms with Crippen LogP contribution in [0.4, 0.5) is 0 Å². The Morgan fingerprint density at radius 1 is 1.00 bits per heavy atom. The monoisotopic (exact) mass is 227 g/mol. The van der Waals surface area contributed by atoms with E-state index in [1.807, 2.05) is 0 Å². The summed E-state index contributed by atoms with van der Waals surface area (Å²) in [5.41, 5.74) is 0. The maximum absolute atomic E-state index is 11.3. The lowest BCUT2D eigenvalue weighted by Gasteiger charge is -2.04. The molecule has 0 heterocycles. The topological polar surface area (TPSA) is 26.3 Å². The summed E-state index contributed by atoms with van der Waals surface area (Å²) in [4.78, 5) is 11.3. The summed E-state index contributed by atoms with van der Waals surface area (Å²) in [6.07, 6.45) is 10.7. The van der Waals surface area contributed by atoms with E-state index in [-0.39, 0.29) is 5.97 Å². The Balaban J connectivity index is 3.12. The van der Waals surface area contributed by atoms with Gasteiger partial charge in [0.15, 0.2) is 0 Å². The smallest absolute Gasteiger partial charge is 0.305 e. The van der Waals surface area contributed by atoms with Crippen molar-refractivity contribution in [1.82, 2.24) is 0 Å². The van der Waals surface area contributed by atoms with E-state index in [0.717, 1.165) is 25.7 Å². The van der Waals surface area contributed by atoms with Crippen LogP contribution in [0.2, 0.25) is 0 Å². The molecule has 2 heteroatoms. The molecule has 0 aliphatic rings. The molecule has 0 aromatic rings. The van der Waals surface area contributed by atoms with Crippen LogP contribution in [-0.2, 0) is 9.53 Å². The molecule has 16 heavy (non-hydrogen) atoms. The van der Waals surface area contributed by atoms with E-state index in [2.05, 4.69) is 13.8 Å². The average Bonchev–Trinajstić information content (AvgIpc) is 2.28. The van der Waals surface area contributed by atoms with Crippen molar-refractivity contribution in [3.63, 3.8) is 0 Å².